The number of rotatable bonds is 8. The van der Waals surface area contributed by atoms with E-state index < -0.39 is 33.7 Å². The average molecular weight is 549 g/mol. The smallest absolute Gasteiger partial charge is 0.336 e. The summed E-state index contributed by atoms with van der Waals surface area (Å²) in [5, 5.41) is 22.2. The molecule has 1 heterocycles. The molecule has 0 aliphatic heterocycles. The molecule has 0 fully saturated rings. The predicted octanol–water partition coefficient (Wildman–Crippen LogP) is 3.22. The SMILES string of the molecule is COC(=O)[C@H](Cc1ccc(O)cc1)NC(=O)c1cc(C(=O)O)c2cc(-c3ccc(S(C)(=O)=O)cc3)ccc2n1. The highest BCUT2D eigenvalue weighted by Crippen LogP contribution is 2.27. The first-order chi connectivity index (χ1) is 18.5. The number of aromatic hydroxyl groups is 1. The van der Waals surface area contributed by atoms with Gasteiger partial charge in [-0.05, 0) is 59.2 Å². The summed E-state index contributed by atoms with van der Waals surface area (Å²) >= 11 is 0. The van der Waals surface area contributed by atoms with Gasteiger partial charge in [0.25, 0.3) is 5.91 Å². The highest BCUT2D eigenvalue weighted by Gasteiger charge is 2.25. The molecular weight excluding hydrogens is 524 g/mol. The van der Waals surface area contributed by atoms with Crippen LogP contribution in [0, 0.1) is 0 Å². The second-order valence-corrected chi connectivity index (χ2v) is 10.8. The highest BCUT2D eigenvalue weighted by molar-refractivity contribution is 7.90. The van der Waals surface area contributed by atoms with Crippen LogP contribution in [-0.2, 0) is 25.8 Å². The lowest BCUT2D eigenvalue weighted by atomic mass is 10.00. The molecular formula is C28H24N2O8S. The first-order valence-electron chi connectivity index (χ1n) is 11.6. The van der Waals surface area contributed by atoms with Crippen molar-refractivity contribution >= 4 is 38.6 Å². The van der Waals surface area contributed by atoms with E-state index in [4.69, 9.17) is 4.74 Å². The molecule has 4 aromatic rings. The Kier molecular flexibility index (Phi) is 7.63. The van der Waals surface area contributed by atoms with E-state index >= 15 is 0 Å². The van der Waals surface area contributed by atoms with Crippen molar-refractivity contribution in [2.45, 2.75) is 17.4 Å². The maximum absolute atomic E-state index is 13.1. The van der Waals surface area contributed by atoms with Gasteiger partial charge in [-0.15, -0.1) is 0 Å². The van der Waals surface area contributed by atoms with E-state index in [-0.39, 0.29) is 39.2 Å². The van der Waals surface area contributed by atoms with E-state index in [1.807, 2.05) is 0 Å². The summed E-state index contributed by atoms with van der Waals surface area (Å²) in [6.07, 6.45) is 1.18. The molecule has 0 bridgehead atoms. The third-order valence-corrected chi connectivity index (χ3v) is 7.18. The summed E-state index contributed by atoms with van der Waals surface area (Å²) in [6.45, 7) is 0. The van der Waals surface area contributed by atoms with Crippen LogP contribution in [0.15, 0.2) is 77.7 Å². The van der Waals surface area contributed by atoms with Gasteiger partial charge in [0.2, 0.25) is 0 Å². The molecule has 0 saturated carbocycles. The maximum atomic E-state index is 13.1. The number of fused-ring (bicyclic) bond motifs is 1. The second-order valence-electron chi connectivity index (χ2n) is 8.81. The van der Waals surface area contributed by atoms with E-state index in [2.05, 4.69) is 10.3 Å². The molecule has 11 heteroatoms. The zero-order valence-corrected chi connectivity index (χ0v) is 21.7. The molecule has 10 nitrogen and oxygen atoms in total. The van der Waals surface area contributed by atoms with Crippen LogP contribution in [0.3, 0.4) is 0 Å². The van der Waals surface area contributed by atoms with Crippen molar-refractivity contribution < 1.29 is 37.8 Å². The van der Waals surface area contributed by atoms with Crippen molar-refractivity contribution in [2.24, 2.45) is 0 Å². The predicted molar refractivity (Wildman–Crippen MR) is 142 cm³/mol. The number of hydrogen-bond donors (Lipinski definition) is 3. The minimum atomic E-state index is -3.37. The average Bonchev–Trinajstić information content (AvgIpc) is 2.91. The fourth-order valence-electron chi connectivity index (χ4n) is 4.03. The largest absolute Gasteiger partial charge is 0.508 e. The van der Waals surface area contributed by atoms with Gasteiger partial charge < -0.3 is 20.3 Å². The molecule has 1 atom stereocenters. The van der Waals surface area contributed by atoms with Gasteiger partial charge in [0.15, 0.2) is 9.84 Å². The van der Waals surface area contributed by atoms with Crippen molar-refractivity contribution in [3.8, 4) is 16.9 Å². The van der Waals surface area contributed by atoms with E-state index in [9.17, 15) is 33.0 Å². The number of carbonyl (C=O) groups is 3. The number of carboxylic acid groups (broad SMARTS) is 1. The van der Waals surface area contributed by atoms with Gasteiger partial charge in [0.1, 0.15) is 17.5 Å². The molecule has 0 aliphatic carbocycles. The number of aromatic nitrogens is 1. The summed E-state index contributed by atoms with van der Waals surface area (Å²) < 4.78 is 28.3. The van der Waals surface area contributed by atoms with Crippen molar-refractivity contribution in [1.82, 2.24) is 10.3 Å². The normalized spacial score (nSPS) is 12.1. The Bertz CT molecular complexity index is 1680. The number of ether oxygens (including phenoxy) is 1. The van der Waals surface area contributed by atoms with Gasteiger partial charge in [0, 0.05) is 18.1 Å². The zero-order chi connectivity index (χ0) is 28.3. The van der Waals surface area contributed by atoms with Crippen LogP contribution in [0.4, 0.5) is 0 Å². The van der Waals surface area contributed by atoms with Gasteiger partial charge in [-0.1, -0.05) is 30.3 Å². The van der Waals surface area contributed by atoms with Crippen LogP contribution in [0.1, 0.15) is 26.4 Å². The molecule has 0 aliphatic rings. The topological polar surface area (TPSA) is 160 Å². The van der Waals surface area contributed by atoms with Crippen molar-refractivity contribution in [3.63, 3.8) is 0 Å². The van der Waals surface area contributed by atoms with Crippen LogP contribution in [-0.4, -0.2) is 60.9 Å². The van der Waals surface area contributed by atoms with Crippen LogP contribution < -0.4 is 5.32 Å². The first kappa shape index (κ1) is 27.3. The number of amides is 1. The number of hydrogen-bond acceptors (Lipinski definition) is 8. The number of sulfone groups is 1. The molecule has 1 amide bonds. The number of nitrogens with zero attached hydrogens (tertiary/aromatic N) is 1. The lowest BCUT2D eigenvalue weighted by Crippen LogP contribution is -2.43. The van der Waals surface area contributed by atoms with Gasteiger partial charge in [-0.3, -0.25) is 4.79 Å². The van der Waals surface area contributed by atoms with Crippen LogP contribution in [0.5, 0.6) is 5.75 Å². The van der Waals surface area contributed by atoms with E-state index in [0.717, 1.165) is 12.3 Å². The summed E-state index contributed by atoms with van der Waals surface area (Å²) in [5.41, 5.74) is 1.81. The third-order valence-electron chi connectivity index (χ3n) is 6.05. The second kappa shape index (κ2) is 10.9. The van der Waals surface area contributed by atoms with Crippen LogP contribution >= 0.6 is 0 Å². The molecule has 0 spiro atoms. The first-order valence-corrected chi connectivity index (χ1v) is 13.5. The van der Waals surface area contributed by atoms with E-state index in [1.165, 1.54) is 31.4 Å². The molecule has 1 aromatic heterocycles. The molecule has 39 heavy (non-hydrogen) atoms. The zero-order valence-electron chi connectivity index (χ0n) is 20.9. The van der Waals surface area contributed by atoms with Crippen LogP contribution in [0.25, 0.3) is 22.0 Å². The number of benzene rings is 3. The van der Waals surface area contributed by atoms with Crippen molar-refractivity contribution in [1.29, 1.82) is 0 Å². The minimum absolute atomic E-state index is 0.0491. The maximum Gasteiger partial charge on any atom is 0.336 e. The number of carboxylic acids is 1. The van der Waals surface area contributed by atoms with E-state index in [1.54, 1.807) is 42.5 Å². The van der Waals surface area contributed by atoms with E-state index in [0.29, 0.717) is 16.7 Å². The summed E-state index contributed by atoms with van der Waals surface area (Å²) in [7, 11) is -2.19. The Balaban J connectivity index is 1.67. The van der Waals surface area contributed by atoms with Crippen LogP contribution in [0.2, 0.25) is 0 Å². The van der Waals surface area contributed by atoms with Gasteiger partial charge in [0.05, 0.1) is 23.1 Å². The fraction of sp³-hybridized carbons (Fsp3) is 0.143. The molecule has 0 radical (unpaired) electrons. The number of aromatic carboxylic acids is 1. The standard InChI is InChI=1S/C28H24N2O8S/c1-38-28(35)25(13-16-3-8-19(31)9-4-16)30-26(32)24-15-22(27(33)34)21-14-18(7-12-23(21)29-24)17-5-10-20(11-6-17)39(2,36)37/h3-12,14-15,25,31H,13H2,1-2H3,(H,30,32)(H,33,34)/t25-/m0/s1. The minimum Gasteiger partial charge on any atom is -0.508 e. The number of methoxy groups -OCH3 is 1. The van der Waals surface area contributed by atoms with Gasteiger partial charge in [-0.2, -0.15) is 0 Å². The number of pyridine rings is 1. The third kappa shape index (κ3) is 6.21. The quantitative estimate of drug-likeness (QED) is 0.281. The highest BCUT2D eigenvalue weighted by atomic mass is 32.2. The Labute approximate surface area is 223 Å². The Morgan fingerprint density at radius 3 is 2.18 bits per heavy atom. The molecule has 3 aromatic carbocycles. The Hall–Kier alpha value is -4.77. The lowest BCUT2D eigenvalue weighted by molar-refractivity contribution is -0.142. The summed E-state index contributed by atoms with van der Waals surface area (Å²) in [6, 6.07) is 17.2. The summed E-state index contributed by atoms with van der Waals surface area (Å²) in [4.78, 5) is 42.0. The van der Waals surface area contributed by atoms with Crippen molar-refractivity contribution in [3.05, 3.63) is 89.6 Å². The number of nitrogens with one attached hydrogen (secondary N) is 1. The van der Waals surface area contributed by atoms with Gasteiger partial charge >= 0.3 is 11.9 Å². The number of phenols is 1. The molecule has 4 rings (SSSR count). The molecule has 3 N–H and O–H groups in total. The fourth-order valence-corrected chi connectivity index (χ4v) is 4.66. The lowest BCUT2D eigenvalue weighted by Gasteiger charge is -2.17. The van der Waals surface area contributed by atoms with Crippen molar-refractivity contribution in [2.75, 3.05) is 13.4 Å². The number of esters is 1. The number of carbonyl (C=O) groups excluding carboxylic acids is 2. The summed E-state index contributed by atoms with van der Waals surface area (Å²) in [5.74, 6) is -2.71. The monoisotopic (exact) mass is 548 g/mol. The molecule has 0 saturated heterocycles. The number of phenolic OH excluding ortho intramolecular Hbond substituents is 1. The molecule has 200 valence electrons. The Morgan fingerprint density at radius 1 is 0.949 bits per heavy atom. The Morgan fingerprint density at radius 2 is 1.59 bits per heavy atom. The molecule has 0 unspecified atom stereocenters. The van der Waals surface area contributed by atoms with Gasteiger partial charge in [-0.25, -0.2) is 23.0 Å².